The highest BCUT2D eigenvalue weighted by molar-refractivity contribution is 9.10. The summed E-state index contributed by atoms with van der Waals surface area (Å²) >= 11 is 2.96. The third-order valence-electron chi connectivity index (χ3n) is 2.98. The fourth-order valence-corrected chi connectivity index (χ4v) is 2.06. The van der Waals surface area contributed by atoms with Crippen molar-refractivity contribution in [2.75, 3.05) is 6.54 Å². The third kappa shape index (κ3) is 4.36. The number of hydrogen-bond donors (Lipinski definition) is 1. The lowest BCUT2D eigenvalue weighted by Gasteiger charge is -2.23. The van der Waals surface area contributed by atoms with Gasteiger partial charge in [0, 0.05) is 0 Å². The summed E-state index contributed by atoms with van der Waals surface area (Å²) in [6.45, 7) is 4.80. The van der Waals surface area contributed by atoms with Crippen LogP contribution in [0, 0.1) is 17.0 Å². The highest BCUT2D eigenvalue weighted by Crippen LogP contribution is 2.28. The van der Waals surface area contributed by atoms with E-state index in [1.807, 2.05) is 0 Å². The zero-order valence-corrected chi connectivity index (χ0v) is 11.8. The maximum atomic E-state index is 13.6. The predicted molar refractivity (Wildman–Crippen MR) is 69.8 cm³/mol. The molecule has 0 saturated carbocycles. The van der Waals surface area contributed by atoms with Gasteiger partial charge in [0.25, 0.3) is 0 Å². The fraction of sp³-hybridized carbons (Fsp3) is 0.538. The number of aryl methyl sites for hydroxylation is 1. The molecule has 0 amide bonds. The summed E-state index contributed by atoms with van der Waals surface area (Å²) in [6.07, 6.45) is 2.21. The lowest BCUT2D eigenvalue weighted by atomic mass is 9.83. The van der Waals surface area contributed by atoms with Gasteiger partial charge in [-0.3, -0.25) is 0 Å². The normalized spacial score (nSPS) is 11.9. The highest BCUT2D eigenvalue weighted by atomic mass is 79.9. The van der Waals surface area contributed by atoms with Crippen LogP contribution in [0.5, 0.6) is 0 Å². The molecule has 1 aromatic rings. The van der Waals surface area contributed by atoms with E-state index in [0.717, 1.165) is 12.8 Å². The minimum atomic E-state index is -0.418. The molecule has 96 valence electrons. The molecule has 0 bridgehead atoms. The van der Waals surface area contributed by atoms with E-state index in [9.17, 15) is 8.78 Å². The van der Waals surface area contributed by atoms with Crippen LogP contribution >= 0.6 is 15.9 Å². The van der Waals surface area contributed by atoms with E-state index in [2.05, 4.69) is 29.8 Å². The SMILES string of the molecule is CC(C)(CCN)CCc1cc(F)c(Br)cc1F. The van der Waals surface area contributed by atoms with Crippen molar-refractivity contribution < 1.29 is 8.78 Å². The van der Waals surface area contributed by atoms with Crippen LogP contribution in [0.25, 0.3) is 0 Å². The van der Waals surface area contributed by atoms with Gasteiger partial charge in [-0.15, -0.1) is 0 Å². The smallest absolute Gasteiger partial charge is 0.137 e. The topological polar surface area (TPSA) is 26.0 Å². The van der Waals surface area contributed by atoms with Gasteiger partial charge in [0.05, 0.1) is 4.47 Å². The van der Waals surface area contributed by atoms with Gasteiger partial charge in [-0.1, -0.05) is 13.8 Å². The first-order chi connectivity index (χ1) is 7.85. The van der Waals surface area contributed by atoms with E-state index in [-0.39, 0.29) is 15.7 Å². The van der Waals surface area contributed by atoms with Crippen LogP contribution in [0.15, 0.2) is 16.6 Å². The van der Waals surface area contributed by atoms with E-state index in [4.69, 9.17) is 5.73 Å². The second kappa shape index (κ2) is 5.91. The van der Waals surface area contributed by atoms with Gasteiger partial charge < -0.3 is 5.73 Å². The molecule has 0 aliphatic heterocycles. The van der Waals surface area contributed by atoms with Crippen molar-refractivity contribution in [3.05, 3.63) is 33.8 Å². The molecule has 0 fully saturated rings. The van der Waals surface area contributed by atoms with Crippen molar-refractivity contribution >= 4 is 15.9 Å². The summed E-state index contributed by atoms with van der Waals surface area (Å²) in [7, 11) is 0. The molecule has 1 nitrogen and oxygen atoms in total. The number of halogens is 3. The van der Waals surface area contributed by atoms with E-state index >= 15 is 0 Å². The largest absolute Gasteiger partial charge is 0.330 e. The Labute approximate surface area is 110 Å². The van der Waals surface area contributed by atoms with Crippen molar-refractivity contribution in [3.63, 3.8) is 0 Å². The van der Waals surface area contributed by atoms with Crippen molar-refractivity contribution in [1.29, 1.82) is 0 Å². The molecule has 0 spiro atoms. The molecular formula is C13H18BrF2N. The van der Waals surface area contributed by atoms with Crippen LogP contribution in [-0.4, -0.2) is 6.54 Å². The molecule has 0 aromatic heterocycles. The Hall–Kier alpha value is -0.480. The number of hydrogen-bond acceptors (Lipinski definition) is 1. The molecule has 0 radical (unpaired) electrons. The average molecular weight is 306 g/mol. The van der Waals surface area contributed by atoms with E-state index in [1.54, 1.807) is 0 Å². The van der Waals surface area contributed by atoms with Gasteiger partial charge in [0.1, 0.15) is 11.6 Å². The summed E-state index contributed by atoms with van der Waals surface area (Å²) in [5.74, 6) is -0.778. The maximum Gasteiger partial charge on any atom is 0.137 e. The highest BCUT2D eigenvalue weighted by Gasteiger charge is 2.18. The minimum Gasteiger partial charge on any atom is -0.330 e. The zero-order chi connectivity index (χ0) is 13.1. The Morgan fingerprint density at radius 1 is 1.18 bits per heavy atom. The van der Waals surface area contributed by atoms with Crippen LogP contribution in [0.3, 0.4) is 0 Å². The lowest BCUT2D eigenvalue weighted by molar-refractivity contribution is 0.311. The van der Waals surface area contributed by atoms with E-state index in [0.29, 0.717) is 18.5 Å². The average Bonchev–Trinajstić information content (AvgIpc) is 2.21. The summed E-state index contributed by atoms with van der Waals surface area (Å²) < 4.78 is 27.0. The van der Waals surface area contributed by atoms with Crippen LogP contribution in [0.4, 0.5) is 8.78 Å². The van der Waals surface area contributed by atoms with Crippen LogP contribution in [-0.2, 0) is 6.42 Å². The fourth-order valence-electron chi connectivity index (χ4n) is 1.74. The molecule has 0 aliphatic carbocycles. The second-order valence-corrected chi connectivity index (χ2v) is 5.91. The Morgan fingerprint density at radius 3 is 2.41 bits per heavy atom. The molecule has 4 heteroatoms. The minimum absolute atomic E-state index is 0.0603. The van der Waals surface area contributed by atoms with Gasteiger partial charge in [-0.05, 0) is 64.8 Å². The monoisotopic (exact) mass is 305 g/mol. The Morgan fingerprint density at radius 2 is 1.82 bits per heavy atom. The van der Waals surface area contributed by atoms with Gasteiger partial charge in [-0.2, -0.15) is 0 Å². The molecule has 0 atom stereocenters. The first-order valence-corrected chi connectivity index (χ1v) is 6.48. The molecule has 0 saturated heterocycles. The van der Waals surface area contributed by atoms with Gasteiger partial charge in [-0.25, -0.2) is 8.78 Å². The standard InChI is InChI=1S/C13H18BrF2N/c1-13(2,5-6-17)4-3-9-7-12(16)10(14)8-11(9)15/h7-8H,3-6,17H2,1-2H3. The number of rotatable bonds is 5. The van der Waals surface area contributed by atoms with E-state index < -0.39 is 5.82 Å². The second-order valence-electron chi connectivity index (χ2n) is 5.06. The van der Waals surface area contributed by atoms with Crippen LogP contribution < -0.4 is 5.73 Å². The molecule has 0 unspecified atom stereocenters. The van der Waals surface area contributed by atoms with Gasteiger partial charge in [0.15, 0.2) is 0 Å². The first kappa shape index (κ1) is 14.6. The lowest BCUT2D eigenvalue weighted by Crippen LogP contribution is -2.18. The Bertz CT molecular complexity index is 391. The van der Waals surface area contributed by atoms with Crippen molar-refractivity contribution in [2.24, 2.45) is 11.1 Å². The quantitative estimate of drug-likeness (QED) is 0.817. The Balaban J connectivity index is 2.73. The first-order valence-electron chi connectivity index (χ1n) is 5.69. The molecular weight excluding hydrogens is 288 g/mol. The molecule has 1 rings (SSSR count). The predicted octanol–water partition coefficient (Wildman–Crippen LogP) is 4.03. The number of benzene rings is 1. The Kier molecular flexibility index (Phi) is 5.07. The summed E-state index contributed by atoms with van der Waals surface area (Å²) in [4.78, 5) is 0. The summed E-state index contributed by atoms with van der Waals surface area (Å²) in [5.41, 5.74) is 6.00. The van der Waals surface area contributed by atoms with Crippen molar-refractivity contribution in [1.82, 2.24) is 0 Å². The van der Waals surface area contributed by atoms with Crippen molar-refractivity contribution in [2.45, 2.75) is 33.1 Å². The molecule has 17 heavy (non-hydrogen) atoms. The number of nitrogens with two attached hydrogens (primary N) is 1. The molecule has 2 N–H and O–H groups in total. The zero-order valence-electron chi connectivity index (χ0n) is 10.2. The molecule has 1 aromatic carbocycles. The summed E-state index contributed by atoms with van der Waals surface area (Å²) in [5, 5.41) is 0. The van der Waals surface area contributed by atoms with Crippen LogP contribution in [0.1, 0.15) is 32.3 Å². The molecule has 0 heterocycles. The maximum absolute atomic E-state index is 13.6. The van der Waals surface area contributed by atoms with Gasteiger partial charge >= 0.3 is 0 Å². The van der Waals surface area contributed by atoms with Crippen LogP contribution in [0.2, 0.25) is 0 Å². The summed E-state index contributed by atoms with van der Waals surface area (Å²) in [6, 6.07) is 2.44. The van der Waals surface area contributed by atoms with Gasteiger partial charge in [0.2, 0.25) is 0 Å². The molecule has 0 aliphatic rings. The van der Waals surface area contributed by atoms with E-state index in [1.165, 1.54) is 12.1 Å². The third-order valence-corrected chi connectivity index (χ3v) is 3.59. The van der Waals surface area contributed by atoms with Crippen molar-refractivity contribution in [3.8, 4) is 0 Å².